The summed E-state index contributed by atoms with van der Waals surface area (Å²) in [4.78, 5) is 4.16. The Labute approximate surface area is 106 Å². The van der Waals surface area contributed by atoms with Gasteiger partial charge in [0, 0.05) is 25.4 Å². The first-order valence-corrected chi connectivity index (χ1v) is 5.87. The number of nitrogens with two attached hydrogens (primary N) is 2. The van der Waals surface area contributed by atoms with Gasteiger partial charge >= 0.3 is 0 Å². The minimum absolute atomic E-state index is 0.349. The van der Waals surface area contributed by atoms with Crippen molar-refractivity contribution in [3.05, 3.63) is 29.6 Å². The summed E-state index contributed by atoms with van der Waals surface area (Å²) in [5.74, 6) is 1.06. The molecule has 0 aliphatic carbocycles. The van der Waals surface area contributed by atoms with Crippen molar-refractivity contribution in [2.45, 2.75) is 19.9 Å². The number of rotatable bonds is 4. The van der Waals surface area contributed by atoms with E-state index in [1.54, 1.807) is 6.07 Å². The van der Waals surface area contributed by atoms with E-state index < -0.39 is 0 Å². The van der Waals surface area contributed by atoms with Gasteiger partial charge < -0.3 is 16.8 Å². The van der Waals surface area contributed by atoms with E-state index in [-0.39, 0.29) is 0 Å². The Morgan fingerprint density at radius 2 is 2.11 bits per heavy atom. The highest BCUT2D eigenvalue weighted by Crippen LogP contribution is 2.16. The van der Waals surface area contributed by atoms with Gasteiger partial charge in [0.1, 0.15) is 11.6 Å². The molecule has 0 aliphatic heterocycles. The number of nitrogens with one attached hydrogen (secondary N) is 1. The third-order valence-corrected chi connectivity index (χ3v) is 2.74. The largest absolute Gasteiger partial charge is 0.396 e. The van der Waals surface area contributed by atoms with E-state index in [9.17, 15) is 0 Å². The van der Waals surface area contributed by atoms with Gasteiger partial charge in [-0.25, -0.2) is 4.98 Å². The summed E-state index contributed by atoms with van der Waals surface area (Å²) in [5, 5.41) is 7.60. The molecule has 0 fully saturated rings. The van der Waals surface area contributed by atoms with Crippen LogP contribution in [0.2, 0.25) is 0 Å². The molecule has 0 saturated carbocycles. The smallest absolute Gasteiger partial charge is 0.149 e. The third-order valence-electron chi connectivity index (χ3n) is 2.74. The van der Waals surface area contributed by atoms with Crippen molar-refractivity contribution in [1.82, 2.24) is 14.8 Å². The lowest BCUT2D eigenvalue weighted by molar-refractivity contribution is 0.746. The van der Waals surface area contributed by atoms with Crippen molar-refractivity contribution in [3.8, 4) is 0 Å². The Kier molecular flexibility index (Phi) is 3.36. The second-order valence-corrected chi connectivity index (χ2v) is 4.15. The zero-order valence-corrected chi connectivity index (χ0v) is 10.6. The van der Waals surface area contributed by atoms with Gasteiger partial charge in [0.25, 0.3) is 0 Å². The average molecular weight is 246 g/mol. The molecule has 2 aromatic rings. The molecule has 0 spiro atoms. The Balaban J connectivity index is 2.08. The highest BCUT2D eigenvalue weighted by Gasteiger charge is 2.06. The lowest BCUT2D eigenvalue weighted by Crippen LogP contribution is -2.05. The summed E-state index contributed by atoms with van der Waals surface area (Å²) >= 11 is 0. The van der Waals surface area contributed by atoms with Crippen LogP contribution in [0.5, 0.6) is 0 Å². The van der Waals surface area contributed by atoms with Crippen LogP contribution in [0.4, 0.5) is 17.3 Å². The van der Waals surface area contributed by atoms with Crippen LogP contribution in [-0.4, -0.2) is 14.8 Å². The van der Waals surface area contributed by atoms with Crippen molar-refractivity contribution in [2.24, 2.45) is 7.05 Å². The van der Waals surface area contributed by atoms with E-state index in [1.807, 2.05) is 24.0 Å². The topological polar surface area (TPSA) is 94.8 Å². The molecule has 6 heteroatoms. The quantitative estimate of drug-likeness (QED) is 0.752. The summed E-state index contributed by atoms with van der Waals surface area (Å²) in [6.07, 6.45) is 2.92. The predicted octanol–water partition coefficient (Wildman–Crippen LogP) is 1.15. The van der Waals surface area contributed by atoms with Crippen molar-refractivity contribution in [1.29, 1.82) is 0 Å². The van der Waals surface area contributed by atoms with Crippen molar-refractivity contribution in [2.75, 3.05) is 16.8 Å². The highest BCUT2D eigenvalue weighted by molar-refractivity contribution is 5.61. The first-order chi connectivity index (χ1) is 8.60. The SMILES string of the molecule is CCc1nn(C)cc1CNc1ccc(N)c(N)n1. The van der Waals surface area contributed by atoms with Gasteiger partial charge in [-0.1, -0.05) is 6.92 Å². The van der Waals surface area contributed by atoms with E-state index in [0.29, 0.717) is 23.9 Å². The minimum Gasteiger partial charge on any atom is -0.396 e. The molecule has 0 aromatic carbocycles. The molecule has 2 rings (SSSR count). The van der Waals surface area contributed by atoms with Gasteiger partial charge in [-0.2, -0.15) is 5.10 Å². The number of hydrogen-bond donors (Lipinski definition) is 3. The van der Waals surface area contributed by atoms with E-state index in [1.165, 1.54) is 0 Å². The van der Waals surface area contributed by atoms with Gasteiger partial charge in [0.15, 0.2) is 0 Å². The van der Waals surface area contributed by atoms with Gasteiger partial charge in [0.2, 0.25) is 0 Å². The van der Waals surface area contributed by atoms with Crippen molar-refractivity contribution in [3.63, 3.8) is 0 Å². The molecule has 96 valence electrons. The summed E-state index contributed by atoms with van der Waals surface area (Å²) < 4.78 is 1.82. The van der Waals surface area contributed by atoms with E-state index in [0.717, 1.165) is 17.7 Å². The fourth-order valence-electron chi connectivity index (χ4n) is 1.80. The molecule has 0 unspecified atom stereocenters. The highest BCUT2D eigenvalue weighted by atomic mass is 15.3. The minimum atomic E-state index is 0.349. The van der Waals surface area contributed by atoms with E-state index >= 15 is 0 Å². The normalized spacial score (nSPS) is 10.6. The first-order valence-electron chi connectivity index (χ1n) is 5.87. The second-order valence-electron chi connectivity index (χ2n) is 4.15. The van der Waals surface area contributed by atoms with Gasteiger partial charge in [-0.3, -0.25) is 4.68 Å². The average Bonchev–Trinajstić information content (AvgIpc) is 2.71. The summed E-state index contributed by atoms with van der Waals surface area (Å²) in [6, 6.07) is 3.56. The standard InChI is InChI=1S/C12H18N6/c1-3-10-8(7-18(2)17-10)6-15-11-5-4-9(13)12(14)16-11/h4-5,7H,3,6,13H2,1-2H3,(H3,14,15,16). The molecule has 6 nitrogen and oxygen atoms in total. The Hall–Kier alpha value is -2.24. The molecule has 0 amide bonds. The Bertz CT molecular complexity index is 545. The maximum Gasteiger partial charge on any atom is 0.149 e. The number of aryl methyl sites for hydroxylation is 2. The number of aromatic nitrogens is 3. The number of pyridine rings is 1. The zero-order valence-electron chi connectivity index (χ0n) is 10.6. The molecule has 5 N–H and O–H groups in total. The summed E-state index contributed by atoms with van der Waals surface area (Å²) in [7, 11) is 1.92. The molecule has 2 aromatic heterocycles. The predicted molar refractivity (Wildman–Crippen MR) is 73.0 cm³/mol. The molecule has 0 bridgehead atoms. The van der Waals surface area contributed by atoms with Crippen molar-refractivity contribution >= 4 is 17.3 Å². The number of hydrogen-bond acceptors (Lipinski definition) is 5. The molecule has 0 saturated heterocycles. The van der Waals surface area contributed by atoms with Gasteiger partial charge in [-0.05, 0) is 18.6 Å². The molecule has 0 aliphatic rings. The number of nitrogens with zero attached hydrogens (tertiary/aromatic N) is 3. The van der Waals surface area contributed by atoms with Crippen molar-refractivity contribution < 1.29 is 0 Å². The van der Waals surface area contributed by atoms with Crippen LogP contribution >= 0.6 is 0 Å². The molecular formula is C12H18N6. The first kappa shape index (κ1) is 12.2. The Morgan fingerprint density at radius 1 is 1.33 bits per heavy atom. The van der Waals surface area contributed by atoms with Crippen LogP contribution in [0, 0.1) is 0 Å². The lowest BCUT2D eigenvalue weighted by atomic mass is 10.2. The molecular weight excluding hydrogens is 228 g/mol. The number of nitrogen functional groups attached to an aromatic ring is 2. The molecule has 2 heterocycles. The van der Waals surface area contributed by atoms with Gasteiger partial charge in [-0.15, -0.1) is 0 Å². The van der Waals surface area contributed by atoms with Crippen LogP contribution < -0.4 is 16.8 Å². The van der Waals surface area contributed by atoms with E-state index in [4.69, 9.17) is 11.5 Å². The fraction of sp³-hybridized carbons (Fsp3) is 0.333. The second kappa shape index (κ2) is 4.95. The van der Waals surface area contributed by atoms with Crippen LogP contribution in [0.25, 0.3) is 0 Å². The maximum absolute atomic E-state index is 5.66. The Morgan fingerprint density at radius 3 is 2.78 bits per heavy atom. The lowest BCUT2D eigenvalue weighted by Gasteiger charge is -2.07. The van der Waals surface area contributed by atoms with Crippen LogP contribution in [0.15, 0.2) is 18.3 Å². The molecule has 18 heavy (non-hydrogen) atoms. The molecule has 0 radical (unpaired) electrons. The van der Waals surface area contributed by atoms with Gasteiger partial charge in [0.05, 0.1) is 11.4 Å². The van der Waals surface area contributed by atoms with Crippen LogP contribution in [0.1, 0.15) is 18.2 Å². The molecule has 0 atom stereocenters. The fourth-order valence-corrected chi connectivity index (χ4v) is 1.80. The van der Waals surface area contributed by atoms with E-state index in [2.05, 4.69) is 22.3 Å². The summed E-state index contributed by atoms with van der Waals surface area (Å²) in [6.45, 7) is 2.76. The maximum atomic E-state index is 5.66. The number of anilines is 3. The zero-order chi connectivity index (χ0) is 13.1. The monoisotopic (exact) mass is 246 g/mol. The van der Waals surface area contributed by atoms with Crippen LogP contribution in [-0.2, 0) is 20.0 Å². The summed E-state index contributed by atoms with van der Waals surface area (Å²) in [5.41, 5.74) is 14.0. The third kappa shape index (κ3) is 2.53. The van der Waals surface area contributed by atoms with Crippen LogP contribution in [0.3, 0.4) is 0 Å².